The number of amides is 1. The second-order valence-corrected chi connectivity index (χ2v) is 6.10. The summed E-state index contributed by atoms with van der Waals surface area (Å²) >= 11 is 0. The van der Waals surface area contributed by atoms with Gasteiger partial charge in [0.05, 0.1) is 19.8 Å². The number of carbonyl (C=O) groups is 1. The molecule has 0 saturated heterocycles. The van der Waals surface area contributed by atoms with Crippen LogP contribution in [0, 0.1) is 10.8 Å². The lowest BCUT2D eigenvalue weighted by atomic mass is 9.89. The van der Waals surface area contributed by atoms with Crippen LogP contribution in [0.2, 0.25) is 0 Å². The van der Waals surface area contributed by atoms with Crippen LogP contribution in [0.3, 0.4) is 0 Å². The predicted molar refractivity (Wildman–Crippen MR) is 68.9 cm³/mol. The minimum atomic E-state index is -0.136. The molecule has 0 fully saturated rings. The highest BCUT2D eigenvalue weighted by Gasteiger charge is 2.24. The van der Waals surface area contributed by atoms with Crippen LogP contribution in [0.5, 0.6) is 0 Å². The minimum absolute atomic E-state index is 0.0118. The molecule has 0 atom stereocenters. The molecule has 0 unspecified atom stereocenters. The van der Waals surface area contributed by atoms with Crippen LogP contribution in [-0.4, -0.2) is 39.9 Å². The van der Waals surface area contributed by atoms with Gasteiger partial charge in [-0.1, -0.05) is 27.7 Å². The van der Waals surface area contributed by atoms with Crippen LogP contribution in [0.4, 0.5) is 0 Å². The van der Waals surface area contributed by atoms with Gasteiger partial charge in [-0.15, -0.1) is 0 Å². The van der Waals surface area contributed by atoms with Crippen LogP contribution < -0.4 is 5.32 Å². The zero-order chi connectivity index (χ0) is 13.5. The van der Waals surface area contributed by atoms with Gasteiger partial charge in [-0.2, -0.15) is 0 Å². The Kier molecular flexibility index (Phi) is 6.72. The molecule has 0 aliphatic rings. The van der Waals surface area contributed by atoms with E-state index in [0.717, 1.165) is 0 Å². The quantitative estimate of drug-likeness (QED) is 0.710. The van der Waals surface area contributed by atoms with Crippen LogP contribution >= 0.6 is 0 Å². The Balaban J connectivity index is 3.98. The lowest BCUT2D eigenvalue weighted by Gasteiger charge is -2.28. The van der Waals surface area contributed by atoms with Crippen molar-refractivity contribution in [3.05, 3.63) is 0 Å². The first kappa shape index (κ1) is 16.4. The Morgan fingerprint density at radius 3 is 2.06 bits per heavy atom. The molecule has 102 valence electrons. The first-order chi connectivity index (χ1) is 7.72. The third-order valence-electron chi connectivity index (χ3n) is 2.44. The normalized spacial score (nSPS) is 12.6. The van der Waals surface area contributed by atoms with E-state index in [4.69, 9.17) is 9.47 Å². The Labute approximate surface area is 105 Å². The van der Waals surface area contributed by atoms with Crippen LogP contribution in [0.15, 0.2) is 0 Å². The highest BCUT2D eigenvalue weighted by atomic mass is 16.5. The van der Waals surface area contributed by atoms with Gasteiger partial charge in [0.2, 0.25) is 5.91 Å². The van der Waals surface area contributed by atoms with E-state index in [-0.39, 0.29) is 16.7 Å². The summed E-state index contributed by atoms with van der Waals surface area (Å²) in [4.78, 5) is 11.3. The SMILES string of the molecule is CNC(=O)CC(C)(C)COCC(C)(C)COC. The van der Waals surface area contributed by atoms with Gasteiger partial charge < -0.3 is 14.8 Å². The van der Waals surface area contributed by atoms with Gasteiger partial charge in [0, 0.05) is 26.0 Å². The van der Waals surface area contributed by atoms with Crippen LogP contribution in [0.25, 0.3) is 0 Å². The number of ether oxygens (including phenoxy) is 2. The zero-order valence-electron chi connectivity index (χ0n) is 12.1. The molecule has 0 aromatic carbocycles. The summed E-state index contributed by atoms with van der Waals surface area (Å²) in [5.41, 5.74) is -0.124. The number of carbonyl (C=O) groups excluding carboxylic acids is 1. The molecule has 0 bridgehead atoms. The standard InChI is InChI=1S/C13H27NO3/c1-12(2,7-11(15)14-5)9-17-10-13(3,4)8-16-6/h7-10H2,1-6H3,(H,14,15). The largest absolute Gasteiger partial charge is 0.384 e. The van der Waals surface area contributed by atoms with Gasteiger partial charge in [0.15, 0.2) is 0 Å². The predicted octanol–water partition coefficient (Wildman–Crippen LogP) is 1.84. The summed E-state index contributed by atoms with van der Waals surface area (Å²) in [5.74, 6) is 0.0507. The smallest absolute Gasteiger partial charge is 0.220 e. The van der Waals surface area contributed by atoms with E-state index in [1.165, 1.54) is 0 Å². The molecule has 0 spiro atoms. The highest BCUT2D eigenvalue weighted by molar-refractivity contribution is 5.76. The van der Waals surface area contributed by atoms with E-state index in [1.54, 1.807) is 14.2 Å². The van der Waals surface area contributed by atoms with E-state index in [1.807, 2.05) is 13.8 Å². The van der Waals surface area contributed by atoms with Crippen molar-refractivity contribution in [1.29, 1.82) is 0 Å². The molecule has 0 radical (unpaired) electrons. The first-order valence-corrected chi connectivity index (χ1v) is 6.00. The number of methoxy groups -OCH3 is 1. The zero-order valence-corrected chi connectivity index (χ0v) is 12.1. The molecule has 1 N–H and O–H groups in total. The molecule has 0 saturated carbocycles. The summed E-state index contributed by atoms with van der Waals surface area (Å²) < 4.78 is 10.8. The maximum atomic E-state index is 11.3. The molecule has 0 aliphatic heterocycles. The minimum Gasteiger partial charge on any atom is -0.384 e. The fraction of sp³-hybridized carbons (Fsp3) is 0.923. The number of hydrogen-bond acceptors (Lipinski definition) is 3. The van der Waals surface area contributed by atoms with Crippen molar-refractivity contribution in [3.8, 4) is 0 Å². The van der Waals surface area contributed by atoms with Gasteiger partial charge >= 0.3 is 0 Å². The number of nitrogens with one attached hydrogen (secondary N) is 1. The molecule has 17 heavy (non-hydrogen) atoms. The van der Waals surface area contributed by atoms with E-state index < -0.39 is 0 Å². The monoisotopic (exact) mass is 245 g/mol. The second kappa shape index (κ2) is 6.97. The molecular formula is C13H27NO3. The fourth-order valence-electron chi connectivity index (χ4n) is 1.61. The summed E-state index contributed by atoms with van der Waals surface area (Å²) in [5, 5.41) is 2.63. The Morgan fingerprint density at radius 1 is 1.06 bits per heavy atom. The molecule has 0 aromatic heterocycles. The number of hydrogen-bond donors (Lipinski definition) is 1. The van der Waals surface area contributed by atoms with Crippen LogP contribution in [0.1, 0.15) is 34.1 Å². The summed E-state index contributed by atoms with van der Waals surface area (Å²) in [6.07, 6.45) is 0.480. The van der Waals surface area contributed by atoms with E-state index in [2.05, 4.69) is 19.2 Å². The van der Waals surface area contributed by atoms with Crippen molar-refractivity contribution in [1.82, 2.24) is 5.32 Å². The lowest BCUT2D eigenvalue weighted by Crippen LogP contribution is -2.32. The summed E-state index contributed by atoms with van der Waals surface area (Å²) in [6, 6.07) is 0. The molecule has 4 nitrogen and oxygen atoms in total. The first-order valence-electron chi connectivity index (χ1n) is 6.00. The molecule has 0 aliphatic carbocycles. The Hall–Kier alpha value is -0.610. The summed E-state index contributed by atoms with van der Waals surface area (Å²) in [7, 11) is 3.35. The third-order valence-corrected chi connectivity index (χ3v) is 2.44. The van der Waals surface area contributed by atoms with Gasteiger partial charge in [-0.25, -0.2) is 0 Å². The van der Waals surface area contributed by atoms with Gasteiger partial charge in [0.25, 0.3) is 0 Å². The average Bonchev–Trinajstić information content (AvgIpc) is 2.15. The third kappa shape index (κ3) is 8.16. The molecule has 0 heterocycles. The van der Waals surface area contributed by atoms with Crippen molar-refractivity contribution in [2.45, 2.75) is 34.1 Å². The van der Waals surface area contributed by atoms with E-state index in [9.17, 15) is 4.79 Å². The second-order valence-electron chi connectivity index (χ2n) is 6.10. The van der Waals surface area contributed by atoms with Crippen LogP contribution in [-0.2, 0) is 14.3 Å². The summed E-state index contributed by atoms with van der Waals surface area (Å²) in [6.45, 7) is 10.1. The highest BCUT2D eigenvalue weighted by Crippen LogP contribution is 2.23. The molecule has 1 amide bonds. The van der Waals surface area contributed by atoms with Crippen molar-refractivity contribution in [2.75, 3.05) is 34.0 Å². The van der Waals surface area contributed by atoms with Crippen molar-refractivity contribution >= 4 is 5.91 Å². The molecule has 4 heteroatoms. The molecule has 0 rings (SSSR count). The van der Waals surface area contributed by atoms with Gasteiger partial charge in [0.1, 0.15) is 0 Å². The van der Waals surface area contributed by atoms with E-state index in [0.29, 0.717) is 26.2 Å². The average molecular weight is 245 g/mol. The lowest BCUT2D eigenvalue weighted by molar-refractivity contribution is -0.123. The molecule has 0 aromatic rings. The molecular weight excluding hydrogens is 218 g/mol. The van der Waals surface area contributed by atoms with Gasteiger partial charge in [-0.05, 0) is 5.41 Å². The van der Waals surface area contributed by atoms with Crippen molar-refractivity contribution in [2.24, 2.45) is 10.8 Å². The Morgan fingerprint density at radius 2 is 1.59 bits per heavy atom. The van der Waals surface area contributed by atoms with Gasteiger partial charge in [-0.3, -0.25) is 4.79 Å². The van der Waals surface area contributed by atoms with Crippen molar-refractivity contribution < 1.29 is 14.3 Å². The number of rotatable bonds is 8. The maximum Gasteiger partial charge on any atom is 0.220 e. The topological polar surface area (TPSA) is 47.6 Å². The van der Waals surface area contributed by atoms with Crippen molar-refractivity contribution in [3.63, 3.8) is 0 Å². The van der Waals surface area contributed by atoms with E-state index >= 15 is 0 Å². The Bertz CT molecular complexity index is 237. The fourth-order valence-corrected chi connectivity index (χ4v) is 1.61. The maximum absolute atomic E-state index is 11.3.